The third-order valence-electron chi connectivity index (χ3n) is 2.16. The van der Waals surface area contributed by atoms with Crippen molar-refractivity contribution in [2.24, 2.45) is 0 Å². The topological polar surface area (TPSA) is 75.4 Å². The van der Waals surface area contributed by atoms with Crippen molar-refractivity contribution in [2.45, 2.75) is 19.4 Å². The fourth-order valence-corrected chi connectivity index (χ4v) is 1.64. The van der Waals surface area contributed by atoms with Gasteiger partial charge in [-0.2, -0.15) is 0 Å². The van der Waals surface area contributed by atoms with Gasteiger partial charge in [-0.15, -0.1) is 0 Å². The second-order valence-corrected chi connectivity index (χ2v) is 4.22. The van der Waals surface area contributed by atoms with Crippen molar-refractivity contribution in [1.82, 2.24) is 0 Å². The van der Waals surface area contributed by atoms with E-state index >= 15 is 0 Å². The van der Waals surface area contributed by atoms with Crippen LogP contribution in [0.3, 0.4) is 0 Å². The van der Waals surface area contributed by atoms with Crippen molar-refractivity contribution in [1.29, 1.82) is 0 Å². The van der Waals surface area contributed by atoms with Crippen LogP contribution in [0, 0.1) is 10.1 Å². The molecule has 1 unspecified atom stereocenters. The number of aliphatic hydroxyl groups excluding tert-OH is 1. The first-order chi connectivity index (χ1) is 7.54. The first-order valence-corrected chi connectivity index (χ1v) is 5.69. The Bertz CT molecular complexity index is 384. The smallest absolute Gasteiger partial charge is 0.270 e. The highest BCUT2D eigenvalue weighted by Crippen LogP contribution is 2.26. The molecule has 0 aliphatic rings. The van der Waals surface area contributed by atoms with Crippen molar-refractivity contribution >= 4 is 27.3 Å². The minimum atomic E-state index is -0.449. The quantitative estimate of drug-likeness (QED) is 0.645. The van der Waals surface area contributed by atoms with Crippen molar-refractivity contribution in [3.63, 3.8) is 0 Å². The number of rotatable bonds is 5. The monoisotopic (exact) mass is 288 g/mol. The number of hydrogen-bond donors (Lipinski definition) is 2. The maximum Gasteiger partial charge on any atom is 0.270 e. The molecule has 0 amide bonds. The zero-order valence-electron chi connectivity index (χ0n) is 8.81. The Morgan fingerprint density at radius 1 is 1.62 bits per heavy atom. The molecule has 16 heavy (non-hydrogen) atoms. The summed E-state index contributed by atoms with van der Waals surface area (Å²) in [6, 6.07) is 4.47. The fraction of sp³-hybridized carbons (Fsp3) is 0.400. The summed E-state index contributed by atoms with van der Waals surface area (Å²) in [5.74, 6) is 0. The van der Waals surface area contributed by atoms with Gasteiger partial charge >= 0.3 is 0 Å². The van der Waals surface area contributed by atoms with Crippen LogP contribution in [0.2, 0.25) is 0 Å². The number of hydrogen-bond acceptors (Lipinski definition) is 4. The molecule has 1 atom stereocenters. The highest BCUT2D eigenvalue weighted by Gasteiger charge is 2.09. The second kappa shape index (κ2) is 5.81. The Morgan fingerprint density at radius 3 is 2.81 bits per heavy atom. The van der Waals surface area contributed by atoms with Gasteiger partial charge in [0.25, 0.3) is 5.69 Å². The van der Waals surface area contributed by atoms with E-state index in [-0.39, 0.29) is 5.69 Å². The maximum absolute atomic E-state index is 10.5. The average molecular weight is 289 g/mol. The lowest BCUT2D eigenvalue weighted by atomic mass is 10.2. The molecule has 0 bridgehead atoms. The number of benzene rings is 1. The van der Waals surface area contributed by atoms with E-state index in [9.17, 15) is 15.2 Å². The first kappa shape index (κ1) is 12.9. The highest BCUT2D eigenvalue weighted by molar-refractivity contribution is 9.10. The molecule has 0 aliphatic heterocycles. The summed E-state index contributed by atoms with van der Waals surface area (Å²) in [5, 5.41) is 22.9. The molecule has 1 aromatic carbocycles. The Morgan fingerprint density at radius 2 is 2.31 bits per heavy atom. The maximum atomic E-state index is 10.5. The Kier molecular flexibility index (Phi) is 4.70. The van der Waals surface area contributed by atoms with Gasteiger partial charge in [0, 0.05) is 28.8 Å². The molecule has 0 saturated heterocycles. The van der Waals surface area contributed by atoms with E-state index in [4.69, 9.17) is 0 Å². The molecule has 0 saturated carbocycles. The lowest BCUT2D eigenvalue weighted by molar-refractivity contribution is -0.384. The normalized spacial score (nSPS) is 12.2. The van der Waals surface area contributed by atoms with Crippen LogP contribution in [0.4, 0.5) is 11.4 Å². The van der Waals surface area contributed by atoms with Gasteiger partial charge in [0.1, 0.15) is 0 Å². The molecule has 1 aromatic rings. The molecule has 0 aromatic heterocycles. The van der Waals surface area contributed by atoms with Crippen LogP contribution in [0.5, 0.6) is 0 Å². The van der Waals surface area contributed by atoms with Gasteiger partial charge in [0.15, 0.2) is 0 Å². The summed E-state index contributed by atoms with van der Waals surface area (Å²) in [4.78, 5) is 10.1. The molecule has 0 heterocycles. The molecule has 0 aliphatic carbocycles. The molecule has 0 radical (unpaired) electrons. The summed E-state index contributed by atoms with van der Waals surface area (Å²) >= 11 is 3.24. The van der Waals surface area contributed by atoms with Crippen LogP contribution in [0.15, 0.2) is 22.7 Å². The minimum Gasteiger partial charge on any atom is -0.391 e. The van der Waals surface area contributed by atoms with E-state index < -0.39 is 11.0 Å². The number of nitrogens with one attached hydrogen (secondary N) is 1. The van der Waals surface area contributed by atoms with E-state index in [1.807, 2.05) is 6.92 Å². The lowest BCUT2D eigenvalue weighted by Crippen LogP contribution is -2.18. The second-order valence-electron chi connectivity index (χ2n) is 3.36. The molecular weight excluding hydrogens is 276 g/mol. The highest BCUT2D eigenvalue weighted by atomic mass is 79.9. The Balaban J connectivity index is 2.72. The van der Waals surface area contributed by atoms with Crippen molar-refractivity contribution in [3.05, 3.63) is 32.8 Å². The van der Waals surface area contributed by atoms with Crippen LogP contribution in [0.25, 0.3) is 0 Å². The van der Waals surface area contributed by atoms with E-state index in [2.05, 4.69) is 21.2 Å². The van der Waals surface area contributed by atoms with Gasteiger partial charge in [-0.3, -0.25) is 10.1 Å². The van der Waals surface area contributed by atoms with E-state index in [1.165, 1.54) is 12.1 Å². The van der Waals surface area contributed by atoms with E-state index in [0.29, 0.717) is 17.4 Å². The van der Waals surface area contributed by atoms with Crippen LogP contribution >= 0.6 is 15.9 Å². The molecule has 2 N–H and O–H groups in total. The number of anilines is 1. The van der Waals surface area contributed by atoms with Crippen LogP contribution in [-0.2, 0) is 0 Å². The van der Waals surface area contributed by atoms with E-state index in [0.717, 1.165) is 5.69 Å². The number of aliphatic hydroxyl groups is 1. The van der Waals surface area contributed by atoms with Crippen molar-refractivity contribution in [3.8, 4) is 0 Å². The van der Waals surface area contributed by atoms with Gasteiger partial charge < -0.3 is 10.4 Å². The Hall–Kier alpha value is -1.14. The number of halogens is 1. The largest absolute Gasteiger partial charge is 0.391 e. The van der Waals surface area contributed by atoms with Crippen molar-refractivity contribution in [2.75, 3.05) is 11.9 Å². The summed E-state index contributed by atoms with van der Waals surface area (Å²) in [6.45, 7) is 2.31. The third-order valence-corrected chi connectivity index (χ3v) is 2.82. The zero-order chi connectivity index (χ0) is 12.1. The standard InChI is InChI=1S/C10H13BrN2O3/c1-2-8(14)6-12-10-4-3-7(13(15)16)5-9(10)11/h3-5,8,12,14H,2,6H2,1H3. The molecule has 88 valence electrons. The Labute approximate surface area is 102 Å². The van der Waals surface area contributed by atoms with Gasteiger partial charge in [0.2, 0.25) is 0 Å². The lowest BCUT2D eigenvalue weighted by Gasteiger charge is -2.11. The SMILES string of the molecule is CCC(O)CNc1ccc([N+](=O)[O-])cc1Br. The summed E-state index contributed by atoms with van der Waals surface area (Å²) in [5.41, 5.74) is 0.770. The zero-order valence-corrected chi connectivity index (χ0v) is 10.4. The van der Waals surface area contributed by atoms with E-state index in [1.54, 1.807) is 6.07 Å². The van der Waals surface area contributed by atoms with Gasteiger partial charge in [-0.1, -0.05) is 6.92 Å². The molecule has 0 fully saturated rings. The van der Waals surface area contributed by atoms with Gasteiger partial charge in [-0.25, -0.2) is 0 Å². The van der Waals surface area contributed by atoms with Crippen LogP contribution in [-0.4, -0.2) is 22.7 Å². The fourth-order valence-electron chi connectivity index (χ4n) is 1.13. The molecule has 0 spiro atoms. The number of non-ortho nitro benzene ring substituents is 1. The minimum absolute atomic E-state index is 0.0356. The number of nitro groups is 1. The predicted octanol–water partition coefficient (Wildman–Crippen LogP) is 2.54. The van der Waals surface area contributed by atoms with Crippen LogP contribution < -0.4 is 5.32 Å². The van der Waals surface area contributed by atoms with Crippen molar-refractivity contribution < 1.29 is 10.0 Å². The number of nitro benzene ring substituents is 1. The number of nitrogens with zero attached hydrogens (tertiary/aromatic N) is 1. The van der Waals surface area contributed by atoms with Gasteiger partial charge in [-0.05, 0) is 28.4 Å². The molecular formula is C10H13BrN2O3. The molecule has 1 rings (SSSR count). The predicted molar refractivity (Wildman–Crippen MR) is 65.6 cm³/mol. The van der Waals surface area contributed by atoms with Gasteiger partial charge in [0.05, 0.1) is 11.0 Å². The molecule has 6 heteroatoms. The van der Waals surface area contributed by atoms with Crippen LogP contribution in [0.1, 0.15) is 13.3 Å². The average Bonchev–Trinajstić information content (AvgIpc) is 2.26. The first-order valence-electron chi connectivity index (χ1n) is 4.90. The third kappa shape index (κ3) is 3.46. The molecule has 5 nitrogen and oxygen atoms in total. The summed E-state index contributed by atoms with van der Waals surface area (Å²) in [7, 11) is 0. The summed E-state index contributed by atoms with van der Waals surface area (Å²) in [6.07, 6.45) is 0.250. The summed E-state index contributed by atoms with van der Waals surface area (Å²) < 4.78 is 0.616.